The lowest BCUT2D eigenvalue weighted by Crippen LogP contribution is -2.37. The average molecular weight is 419 g/mol. The number of anilines is 3. The molecule has 0 aromatic heterocycles. The van der Waals surface area contributed by atoms with Gasteiger partial charge in [0.25, 0.3) is 16.8 Å². The van der Waals surface area contributed by atoms with E-state index in [1.807, 2.05) is 37.3 Å². The van der Waals surface area contributed by atoms with Gasteiger partial charge < -0.3 is 21.1 Å². The molecular formula is C24H25N3O4. The summed E-state index contributed by atoms with van der Waals surface area (Å²) >= 11 is 0. The third-order valence-corrected chi connectivity index (χ3v) is 5.75. The first-order chi connectivity index (χ1) is 14.9. The summed E-state index contributed by atoms with van der Waals surface area (Å²) in [7, 11) is 1.49. The number of carbonyl (C=O) groups excluding carboxylic acids is 1. The van der Waals surface area contributed by atoms with Gasteiger partial charge in [0, 0.05) is 7.05 Å². The summed E-state index contributed by atoms with van der Waals surface area (Å²) < 4.78 is 0. The lowest BCUT2D eigenvalue weighted by atomic mass is 10.0. The minimum atomic E-state index is -0.650. The van der Waals surface area contributed by atoms with Gasteiger partial charge in [-0.25, -0.2) is 0 Å². The normalized spacial score (nSPS) is 14.3. The standard InChI is InChI=1S/C24H25N3O4/c1-3-17(14-7-5-4-6-8-14)26-19-20(23(30)22(19)29)27-18-12-15(13-9-10-13)11-16(21(18)28)24(31)25-2/h4-8,11-13,17,26-28H,3,9-10H2,1-2H3,(H,25,31)/t17-/m1/s1. The van der Waals surface area contributed by atoms with Crippen LogP contribution in [0.1, 0.15) is 59.6 Å². The molecule has 0 radical (unpaired) electrons. The zero-order chi connectivity index (χ0) is 22.1. The van der Waals surface area contributed by atoms with Crippen molar-refractivity contribution in [2.75, 3.05) is 17.7 Å². The maximum absolute atomic E-state index is 12.3. The molecule has 0 unspecified atom stereocenters. The highest BCUT2D eigenvalue weighted by Gasteiger charge is 2.29. The number of nitrogens with one attached hydrogen (secondary N) is 3. The Labute approximate surface area is 179 Å². The van der Waals surface area contributed by atoms with E-state index in [1.54, 1.807) is 12.1 Å². The molecule has 0 heterocycles. The maximum atomic E-state index is 12.3. The second kappa shape index (κ2) is 8.26. The van der Waals surface area contributed by atoms with Gasteiger partial charge in [-0.15, -0.1) is 0 Å². The van der Waals surface area contributed by atoms with Crippen molar-refractivity contribution < 1.29 is 9.90 Å². The summed E-state index contributed by atoms with van der Waals surface area (Å²) in [5.41, 5.74) is 1.35. The molecule has 0 aliphatic heterocycles. The van der Waals surface area contributed by atoms with Crippen molar-refractivity contribution in [3.05, 3.63) is 79.6 Å². The molecule has 31 heavy (non-hydrogen) atoms. The third-order valence-electron chi connectivity index (χ3n) is 5.75. The number of amides is 1. The Bertz CT molecular complexity index is 1190. The van der Waals surface area contributed by atoms with Gasteiger partial charge in [0.05, 0.1) is 17.3 Å². The molecule has 4 rings (SSSR count). The molecule has 4 N–H and O–H groups in total. The van der Waals surface area contributed by atoms with E-state index in [9.17, 15) is 19.5 Å². The second-order valence-electron chi connectivity index (χ2n) is 7.87. The fourth-order valence-electron chi connectivity index (χ4n) is 3.78. The lowest BCUT2D eigenvalue weighted by Gasteiger charge is -2.22. The highest BCUT2D eigenvalue weighted by Crippen LogP contribution is 2.44. The van der Waals surface area contributed by atoms with Crippen LogP contribution in [0.2, 0.25) is 0 Å². The molecule has 1 fully saturated rings. The zero-order valence-corrected chi connectivity index (χ0v) is 17.5. The van der Waals surface area contributed by atoms with Gasteiger partial charge in [0.1, 0.15) is 11.4 Å². The summed E-state index contributed by atoms with van der Waals surface area (Å²) in [6, 6.07) is 13.0. The summed E-state index contributed by atoms with van der Waals surface area (Å²) in [5, 5.41) is 19.3. The molecule has 160 valence electrons. The van der Waals surface area contributed by atoms with Crippen molar-refractivity contribution in [1.82, 2.24) is 5.32 Å². The molecule has 7 heteroatoms. The molecule has 0 saturated heterocycles. The number of benzene rings is 2. The highest BCUT2D eigenvalue weighted by molar-refractivity contribution is 5.99. The monoisotopic (exact) mass is 419 g/mol. The molecule has 1 atom stereocenters. The van der Waals surface area contributed by atoms with Crippen LogP contribution in [-0.2, 0) is 0 Å². The van der Waals surface area contributed by atoms with Gasteiger partial charge in [-0.1, -0.05) is 37.3 Å². The minimum absolute atomic E-state index is 0.102. The van der Waals surface area contributed by atoms with Crippen LogP contribution in [0.15, 0.2) is 52.1 Å². The van der Waals surface area contributed by atoms with E-state index in [1.165, 1.54) is 7.05 Å². The Hall–Kier alpha value is -3.61. The van der Waals surface area contributed by atoms with E-state index in [2.05, 4.69) is 16.0 Å². The van der Waals surface area contributed by atoms with Crippen LogP contribution in [-0.4, -0.2) is 18.1 Å². The topological polar surface area (TPSA) is 108 Å². The smallest absolute Gasteiger partial charge is 0.254 e. The van der Waals surface area contributed by atoms with Crippen LogP contribution in [0.5, 0.6) is 5.75 Å². The lowest BCUT2D eigenvalue weighted by molar-refractivity contribution is 0.0960. The number of aromatic hydroxyl groups is 1. The molecule has 3 aromatic carbocycles. The van der Waals surface area contributed by atoms with Crippen LogP contribution >= 0.6 is 0 Å². The number of phenolic OH excluding ortho intramolecular Hbond substituents is 1. The molecule has 1 saturated carbocycles. The van der Waals surface area contributed by atoms with E-state index in [0.29, 0.717) is 12.3 Å². The molecule has 7 nitrogen and oxygen atoms in total. The van der Waals surface area contributed by atoms with Crippen LogP contribution in [0, 0.1) is 0 Å². The van der Waals surface area contributed by atoms with E-state index in [-0.39, 0.29) is 34.4 Å². The molecule has 1 aliphatic carbocycles. The Balaban J connectivity index is 1.67. The molecule has 0 bridgehead atoms. The number of carbonyl (C=O) groups is 1. The van der Waals surface area contributed by atoms with E-state index < -0.39 is 16.8 Å². The predicted molar refractivity (Wildman–Crippen MR) is 121 cm³/mol. The predicted octanol–water partition coefficient (Wildman–Crippen LogP) is 3.53. The third kappa shape index (κ3) is 3.91. The number of phenols is 1. The van der Waals surface area contributed by atoms with Crippen molar-refractivity contribution in [3.8, 4) is 5.75 Å². The second-order valence-corrected chi connectivity index (χ2v) is 7.87. The Morgan fingerprint density at radius 2 is 1.77 bits per heavy atom. The number of rotatable bonds is 8. The summed E-state index contributed by atoms with van der Waals surface area (Å²) in [6.45, 7) is 1.99. The quantitative estimate of drug-likeness (QED) is 0.329. The fraction of sp³-hybridized carbons (Fsp3) is 0.292. The Kier molecular flexibility index (Phi) is 5.50. The minimum Gasteiger partial charge on any atom is -0.505 e. The molecular weight excluding hydrogens is 394 g/mol. The van der Waals surface area contributed by atoms with Crippen LogP contribution in [0.25, 0.3) is 0 Å². The average Bonchev–Trinajstić information content (AvgIpc) is 3.65. The van der Waals surface area contributed by atoms with E-state index >= 15 is 0 Å². The zero-order valence-electron chi connectivity index (χ0n) is 17.5. The van der Waals surface area contributed by atoms with Crippen LogP contribution < -0.4 is 26.8 Å². The summed E-state index contributed by atoms with van der Waals surface area (Å²) in [6.07, 6.45) is 2.74. The first-order valence-corrected chi connectivity index (χ1v) is 10.4. The Morgan fingerprint density at radius 3 is 2.39 bits per heavy atom. The maximum Gasteiger partial charge on any atom is 0.254 e. The first-order valence-electron chi connectivity index (χ1n) is 10.4. The van der Waals surface area contributed by atoms with E-state index in [4.69, 9.17) is 0 Å². The van der Waals surface area contributed by atoms with Gasteiger partial charge in [0.15, 0.2) is 5.75 Å². The van der Waals surface area contributed by atoms with Crippen molar-refractivity contribution in [2.24, 2.45) is 0 Å². The van der Waals surface area contributed by atoms with Crippen LogP contribution in [0.3, 0.4) is 0 Å². The van der Waals surface area contributed by atoms with Crippen molar-refractivity contribution in [3.63, 3.8) is 0 Å². The molecule has 1 aliphatic rings. The fourth-order valence-corrected chi connectivity index (χ4v) is 3.78. The molecule has 1 amide bonds. The SMILES string of the molecule is CC[C@@H](Nc1c(Nc2cc(C3CC3)cc(C(=O)NC)c2O)c(=O)c1=O)c1ccccc1. The Morgan fingerprint density at radius 1 is 1.10 bits per heavy atom. The van der Waals surface area contributed by atoms with Gasteiger partial charge in [-0.05, 0) is 48.4 Å². The summed E-state index contributed by atoms with van der Waals surface area (Å²) in [5.74, 6) is -0.336. The van der Waals surface area contributed by atoms with Gasteiger partial charge in [-0.2, -0.15) is 0 Å². The van der Waals surface area contributed by atoms with E-state index in [0.717, 1.165) is 24.0 Å². The summed E-state index contributed by atoms with van der Waals surface area (Å²) in [4.78, 5) is 36.9. The number of hydrogen-bond acceptors (Lipinski definition) is 6. The number of hydrogen-bond donors (Lipinski definition) is 4. The van der Waals surface area contributed by atoms with Gasteiger partial charge >= 0.3 is 0 Å². The largest absolute Gasteiger partial charge is 0.505 e. The van der Waals surface area contributed by atoms with Crippen molar-refractivity contribution >= 4 is 23.0 Å². The van der Waals surface area contributed by atoms with Crippen LogP contribution in [0.4, 0.5) is 17.1 Å². The molecule has 0 spiro atoms. The van der Waals surface area contributed by atoms with Gasteiger partial charge in [-0.3, -0.25) is 14.4 Å². The van der Waals surface area contributed by atoms with Crippen molar-refractivity contribution in [2.45, 2.75) is 38.1 Å². The first kappa shape index (κ1) is 20.7. The van der Waals surface area contributed by atoms with Gasteiger partial charge in [0.2, 0.25) is 0 Å². The molecule has 3 aromatic rings. The highest BCUT2D eigenvalue weighted by atomic mass is 16.3. The van der Waals surface area contributed by atoms with Crippen molar-refractivity contribution in [1.29, 1.82) is 0 Å².